The molecular weight excluding hydrogens is 407 g/mol. The molecule has 1 atom stereocenters. The summed E-state index contributed by atoms with van der Waals surface area (Å²) in [5, 5.41) is 0. The summed E-state index contributed by atoms with van der Waals surface area (Å²) < 4.78 is 40.9. The van der Waals surface area contributed by atoms with E-state index in [1.165, 1.54) is 4.90 Å². The van der Waals surface area contributed by atoms with Gasteiger partial charge in [-0.1, -0.05) is 6.07 Å². The molecule has 1 aromatic rings. The van der Waals surface area contributed by atoms with Crippen LogP contribution in [0.4, 0.5) is 18.0 Å². The topological polar surface area (TPSA) is 62.7 Å². The van der Waals surface area contributed by atoms with Crippen LogP contribution in [0.5, 0.6) is 0 Å². The second kappa shape index (κ2) is 9.69. The summed E-state index contributed by atoms with van der Waals surface area (Å²) in [4.78, 5) is 32.5. The first-order valence-corrected chi connectivity index (χ1v) is 10.8. The van der Waals surface area contributed by atoms with E-state index in [0.717, 1.165) is 23.6 Å². The van der Waals surface area contributed by atoms with Crippen molar-refractivity contribution in [2.24, 2.45) is 5.92 Å². The smallest absolute Gasteiger partial charge is 0.422 e. The highest BCUT2D eigenvalue weighted by Crippen LogP contribution is 2.28. The van der Waals surface area contributed by atoms with Gasteiger partial charge < -0.3 is 14.5 Å². The summed E-state index contributed by atoms with van der Waals surface area (Å²) in [6, 6.07) is 5.76. The molecular formula is C19H24F3N3O3S. The third-order valence-electron chi connectivity index (χ3n) is 5.15. The van der Waals surface area contributed by atoms with Gasteiger partial charge in [0.05, 0.1) is 12.2 Å². The number of halogens is 3. The molecule has 0 bridgehead atoms. The van der Waals surface area contributed by atoms with Crippen LogP contribution in [0.2, 0.25) is 0 Å². The van der Waals surface area contributed by atoms with Gasteiger partial charge in [0.15, 0.2) is 6.61 Å². The minimum absolute atomic E-state index is 0.0338. The van der Waals surface area contributed by atoms with Crippen LogP contribution in [-0.2, 0) is 16.1 Å². The van der Waals surface area contributed by atoms with E-state index in [-0.39, 0.29) is 31.0 Å². The zero-order valence-corrected chi connectivity index (χ0v) is 16.8. The average molecular weight is 431 g/mol. The van der Waals surface area contributed by atoms with E-state index < -0.39 is 18.9 Å². The van der Waals surface area contributed by atoms with Gasteiger partial charge in [0.2, 0.25) is 5.91 Å². The standard InChI is InChI=1S/C19H24F3N3O3S/c20-19(21,22)13-28-18(27)24-8-4-14(5-9-24)17(26)25(16-6-10-29-12-16)11-15-3-1-2-7-23-15/h1-3,7,14,16H,4-6,8-13H2. The number of aromatic nitrogens is 1. The molecule has 2 fully saturated rings. The number of rotatable bonds is 5. The number of pyridine rings is 1. The quantitative estimate of drug-likeness (QED) is 0.716. The molecule has 0 radical (unpaired) electrons. The van der Waals surface area contributed by atoms with Crippen LogP contribution in [-0.4, -0.2) is 70.2 Å². The number of carbonyl (C=O) groups is 2. The van der Waals surface area contributed by atoms with Gasteiger partial charge in [-0.3, -0.25) is 9.78 Å². The van der Waals surface area contributed by atoms with Crippen molar-refractivity contribution in [3.63, 3.8) is 0 Å². The van der Waals surface area contributed by atoms with Gasteiger partial charge >= 0.3 is 12.3 Å². The lowest BCUT2D eigenvalue weighted by Crippen LogP contribution is -2.47. The number of carbonyl (C=O) groups excluding carboxylic acids is 2. The highest BCUT2D eigenvalue weighted by atomic mass is 32.2. The van der Waals surface area contributed by atoms with Gasteiger partial charge in [-0.05, 0) is 37.1 Å². The van der Waals surface area contributed by atoms with Crippen LogP contribution < -0.4 is 0 Å². The second-order valence-corrected chi connectivity index (χ2v) is 8.39. The Morgan fingerprint density at radius 1 is 1.24 bits per heavy atom. The number of piperidine rings is 1. The van der Waals surface area contributed by atoms with Crippen molar-refractivity contribution in [1.82, 2.24) is 14.8 Å². The molecule has 1 aromatic heterocycles. The fourth-order valence-electron chi connectivity index (χ4n) is 3.60. The molecule has 3 heterocycles. The Labute approximate surface area is 171 Å². The Balaban J connectivity index is 1.57. The van der Waals surface area contributed by atoms with Crippen LogP contribution in [0.25, 0.3) is 0 Å². The van der Waals surface area contributed by atoms with Crippen LogP contribution in [0.1, 0.15) is 25.0 Å². The summed E-state index contributed by atoms with van der Waals surface area (Å²) in [7, 11) is 0. The van der Waals surface area contributed by atoms with Crippen molar-refractivity contribution in [2.75, 3.05) is 31.2 Å². The van der Waals surface area contributed by atoms with Crippen molar-refractivity contribution in [2.45, 2.75) is 38.0 Å². The molecule has 6 nitrogen and oxygen atoms in total. The van der Waals surface area contributed by atoms with Crippen LogP contribution >= 0.6 is 11.8 Å². The number of hydrogen-bond donors (Lipinski definition) is 0. The molecule has 2 saturated heterocycles. The van der Waals surface area contributed by atoms with E-state index in [2.05, 4.69) is 9.72 Å². The highest BCUT2D eigenvalue weighted by Gasteiger charge is 2.36. The first kappa shape index (κ1) is 21.7. The van der Waals surface area contributed by atoms with Crippen molar-refractivity contribution < 1.29 is 27.5 Å². The fourth-order valence-corrected chi connectivity index (χ4v) is 4.82. The third-order valence-corrected chi connectivity index (χ3v) is 6.29. The molecule has 0 aliphatic carbocycles. The highest BCUT2D eigenvalue weighted by molar-refractivity contribution is 7.99. The lowest BCUT2D eigenvalue weighted by molar-refractivity contribution is -0.162. The minimum Gasteiger partial charge on any atom is -0.440 e. The normalized spacial score (nSPS) is 20.5. The van der Waals surface area contributed by atoms with Crippen LogP contribution in [0.15, 0.2) is 24.4 Å². The minimum atomic E-state index is -4.55. The first-order valence-electron chi connectivity index (χ1n) is 9.60. The van der Waals surface area contributed by atoms with E-state index >= 15 is 0 Å². The Kier molecular flexibility index (Phi) is 7.26. The zero-order valence-electron chi connectivity index (χ0n) is 15.9. The predicted molar refractivity (Wildman–Crippen MR) is 102 cm³/mol. The molecule has 0 spiro atoms. The Bertz CT molecular complexity index is 691. The van der Waals surface area contributed by atoms with Gasteiger partial charge in [0, 0.05) is 37.0 Å². The SMILES string of the molecule is O=C(OCC(F)(F)F)N1CCC(C(=O)N(Cc2ccccn2)C2CCSC2)CC1. The number of thioether (sulfide) groups is 1. The van der Waals surface area contributed by atoms with E-state index in [1.807, 2.05) is 34.9 Å². The van der Waals surface area contributed by atoms with Crippen LogP contribution in [0.3, 0.4) is 0 Å². The molecule has 0 aromatic carbocycles. The maximum atomic E-state index is 13.2. The lowest BCUT2D eigenvalue weighted by atomic mass is 9.94. The molecule has 2 aliphatic heterocycles. The average Bonchev–Trinajstić information content (AvgIpc) is 3.24. The number of nitrogens with zero attached hydrogens (tertiary/aromatic N) is 3. The molecule has 160 valence electrons. The van der Waals surface area contributed by atoms with Gasteiger partial charge in [0.25, 0.3) is 0 Å². The summed E-state index contributed by atoms with van der Waals surface area (Å²) in [5.74, 6) is 1.68. The molecule has 0 N–H and O–H groups in total. The summed E-state index contributed by atoms with van der Waals surface area (Å²) in [5.41, 5.74) is 0.825. The molecule has 3 rings (SSSR count). The number of hydrogen-bond acceptors (Lipinski definition) is 5. The van der Waals surface area contributed by atoms with Crippen LogP contribution in [0, 0.1) is 5.92 Å². The Hall–Kier alpha value is -1.97. The molecule has 2 amide bonds. The van der Waals surface area contributed by atoms with Gasteiger partial charge in [-0.2, -0.15) is 24.9 Å². The first-order chi connectivity index (χ1) is 13.8. The molecule has 29 heavy (non-hydrogen) atoms. The van der Waals surface area contributed by atoms with E-state index in [4.69, 9.17) is 0 Å². The number of likely N-dealkylation sites (tertiary alicyclic amines) is 1. The van der Waals surface area contributed by atoms with Gasteiger partial charge in [-0.25, -0.2) is 4.79 Å². The summed E-state index contributed by atoms with van der Waals surface area (Å²) in [6.45, 7) is -0.728. The molecule has 10 heteroatoms. The second-order valence-electron chi connectivity index (χ2n) is 7.24. The largest absolute Gasteiger partial charge is 0.440 e. The summed E-state index contributed by atoms with van der Waals surface area (Å²) in [6.07, 6.45) is -2.06. The van der Waals surface area contributed by atoms with Crippen molar-refractivity contribution >= 4 is 23.8 Å². The predicted octanol–water partition coefficient (Wildman–Crippen LogP) is 3.33. The number of alkyl halides is 3. The van der Waals surface area contributed by atoms with Gasteiger partial charge in [-0.15, -0.1) is 0 Å². The maximum absolute atomic E-state index is 13.2. The van der Waals surface area contributed by atoms with E-state index in [1.54, 1.807) is 6.20 Å². The molecule has 2 aliphatic rings. The Morgan fingerprint density at radius 3 is 2.59 bits per heavy atom. The zero-order chi connectivity index (χ0) is 20.9. The molecule has 1 unspecified atom stereocenters. The fraction of sp³-hybridized carbons (Fsp3) is 0.632. The maximum Gasteiger partial charge on any atom is 0.422 e. The van der Waals surface area contributed by atoms with E-state index in [9.17, 15) is 22.8 Å². The monoisotopic (exact) mass is 431 g/mol. The summed E-state index contributed by atoms with van der Waals surface area (Å²) >= 11 is 1.82. The number of ether oxygens (including phenoxy) is 1. The lowest BCUT2D eigenvalue weighted by Gasteiger charge is -2.36. The third kappa shape index (κ3) is 6.25. The van der Waals surface area contributed by atoms with E-state index in [0.29, 0.717) is 19.4 Å². The number of amides is 2. The van der Waals surface area contributed by atoms with Crippen molar-refractivity contribution in [1.29, 1.82) is 0 Å². The van der Waals surface area contributed by atoms with Crippen molar-refractivity contribution in [3.05, 3.63) is 30.1 Å². The molecule has 0 saturated carbocycles. The Morgan fingerprint density at radius 2 is 2.00 bits per heavy atom. The van der Waals surface area contributed by atoms with Gasteiger partial charge in [0.1, 0.15) is 0 Å². The van der Waals surface area contributed by atoms with Crippen molar-refractivity contribution in [3.8, 4) is 0 Å².